The number of nitrogens with zero attached hydrogens (tertiary/aromatic N) is 3. The highest BCUT2D eigenvalue weighted by molar-refractivity contribution is 6.35. The quantitative estimate of drug-likeness (QED) is 0.724. The molecule has 0 spiro atoms. The number of pyridine rings is 2. The van der Waals surface area contributed by atoms with Crippen molar-refractivity contribution in [3.8, 4) is 0 Å². The van der Waals surface area contributed by atoms with E-state index in [-0.39, 0.29) is 15.9 Å². The number of hydrogen-bond donors (Lipinski definition) is 1. The van der Waals surface area contributed by atoms with Crippen LogP contribution in [-0.4, -0.2) is 20.3 Å². The van der Waals surface area contributed by atoms with Crippen LogP contribution in [0.4, 0.5) is 10.1 Å². The van der Waals surface area contributed by atoms with Crippen LogP contribution in [0, 0.1) is 12.7 Å². The third-order valence-electron chi connectivity index (χ3n) is 2.96. The Morgan fingerprint density at radius 3 is 2.77 bits per heavy atom. The van der Waals surface area contributed by atoms with Crippen LogP contribution in [-0.2, 0) is 0 Å². The van der Waals surface area contributed by atoms with Crippen LogP contribution in [0.3, 0.4) is 0 Å². The third kappa shape index (κ3) is 2.75. The highest BCUT2D eigenvalue weighted by atomic mass is 35.5. The molecule has 22 heavy (non-hydrogen) atoms. The Balaban J connectivity index is 1.90. The van der Waals surface area contributed by atoms with E-state index in [0.717, 1.165) is 17.4 Å². The summed E-state index contributed by atoms with van der Waals surface area (Å²) in [6.45, 7) is 1.87. The Bertz CT molecular complexity index is 894. The molecule has 0 atom stereocenters. The summed E-state index contributed by atoms with van der Waals surface area (Å²) in [4.78, 5) is 20.0. The Hall–Kier alpha value is -2.18. The topological polar surface area (TPSA) is 59.3 Å². The molecular formula is C14H9Cl2FN4O. The van der Waals surface area contributed by atoms with E-state index in [1.54, 1.807) is 22.7 Å². The highest BCUT2D eigenvalue weighted by Gasteiger charge is 2.16. The summed E-state index contributed by atoms with van der Waals surface area (Å²) in [7, 11) is 0. The van der Waals surface area contributed by atoms with Gasteiger partial charge in [0.05, 0.1) is 16.9 Å². The van der Waals surface area contributed by atoms with Crippen LogP contribution in [0.5, 0.6) is 0 Å². The molecule has 0 saturated carbocycles. The summed E-state index contributed by atoms with van der Waals surface area (Å²) in [5, 5.41) is 2.08. The number of anilines is 1. The van der Waals surface area contributed by atoms with Crippen molar-refractivity contribution in [1.29, 1.82) is 0 Å². The number of rotatable bonds is 2. The molecule has 112 valence electrons. The van der Waals surface area contributed by atoms with Gasteiger partial charge in [-0.1, -0.05) is 23.2 Å². The molecule has 0 radical (unpaired) electrons. The first kappa shape index (κ1) is 14.7. The lowest BCUT2D eigenvalue weighted by atomic mass is 10.2. The monoisotopic (exact) mass is 338 g/mol. The fourth-order valence-corrected chi connectivity index (χ4v) is 2.40. The lowest BCUT2D eigenvalue weighted by Crippen LogP contribution is -2.14. The number of hydrogen-bond acceptors (Lipinski definition) is 3. The van der Waals surface area contributed by atoms with Gasteiger partial charge in [0.25, 0.3) is 5.91 Å². The van der Waals surface area contributed by atoms with Crippen molar-refractivity contribution >= 4 is 40.4 Å². The molecule has 8 heteroatoms. The van der Waals surface area contributed by atoms with Gasteiger partial charge in [0.1, 0.15) is 10.8 Å². The molecule has 5 nitrogen and oxygen atoms in total. The Kier molecular flexibility index (Phi) is 3.72. The normalized spacial score (nSPS) is 10.9. The summed E-state index contributed by atoms with van der Waals surface area (Å²) in [6, 6.07) is 4.39. The van der Waals surface area contributed by atoms with Gasteiger partial charge >= 0.3 is 0 Å². The zero-order valence-corrected chi connectivity index (χ0v) is 12.8. The minimum atomic E-state index is -0.808. The van der Waals surface area contributed by atoms with Crippen LogP contribution in [0.15, 0.2) is 30.6 Å². The molecule has 0 saturated heterocycles. The molecule has 0 aliphatic heterocycles. The summed E-state index contributed by atoms with van der Waals surface area (Å²) >= 11 is 11.3. The van der Waals surface area contributed by atoms with Crippen molar-refractivity contribution in [1.82, 2.24) is 14.4 Å². The Morgan fingerprint density at radius 2 is 2.00 bits per heavy atom. The number of carbonyl (C=O) groups excluding carboxylic acids is 1. The largest absolute Gasteiger partial charge is 0.321 e. The van der Waals surface area contributed by atoms with Crippen LogP contribution in [0.25, 0.3) is 5.65 Å². The molecule has 3 aromatic heterocycles. The van der Waals surface area contributed by atoms with E-state index in [1.807, 2.05) is 13.1 Å². The predicted molar refractivity (Wildman–Crippen MR) is 82.1 cm³/mol. The minimum absolute atomic E-state index is 0.0922. The van der Waals surface area contributed by atoms with Gasteiger partial charge < -0.3 is 9.72 Å². The maximum Gasteiger partial charge on any atom is 0.258 e. The maximum absolute atomic E-state index is 13.4. The number of halogens is 3. The zero-order chi connectivity index (χ0) is 15.9. The first-order valence-corrected chi connectivity index (χ1v) is 6.98. The number of aromatic nitrogens is 3. The van der Waals surface area contributed by atoms with Gasteiger partial charge in [-0.05, 0) is 25.1 Å². The van der Waals surface area contributed by atoms with Gasteiger partial charge in [0, 0.05) is 12.4 Å². The Labute approximate surface area is 134 Å². The number of nitrogens with one attached hydrogen (secondary N) is 1. The average molecular weight is 339 g/mol. The second kappa shape index (κ2) is 5.55. The van der Waals surface area contributed by atoms with E-state index >= 15 is 0 Å². The SMILES string of the molecule is Cc1cn2cc(NC(=O)c3cc(F)c(Cl)nc3Cl)ccc2n1. The van der Waals surface area contributed by atoms with Gasteiger partial charge in [-0.25, -0.2) is 14.4 Å². The first-order chi connectivity index (χ1) is 10.4. The van der Waals surface area contributed by atoms with Crippen molar-refractivity contribution in [2.45, 2.75) is 6.92 Å². The third-order valence-corrected chi connectivity index (χ3v) is 3.51. The first-order valence-electron chi connectivity index (χ1n) is 6.22. The van der Waals surface area contributed by atoms with Gasteiger partial charge in [-0.15, -0.1) is 0 Å². The molecule has 1 amide bonds. The summed E-state index contributed by atoms with van der Waals surface area (Å²) in [5.41, 5.74) is 2.04. The van der Waals surface area contributed by atoms with Crippen molar-refractivity contribution in [2.24, 2.45) is 0 Å². The molecular weight excluding hydrogens is 330 g/mol. The van der Waals surface area contributed by atoms with Gasteiger partial charge in [-0.3, -0.25) is 4.79 Å². The van der Waals surface area contributed by atoms with Gasteiger partial charge in [0.15, 0.2) is 11.0 Å². The fraction of sp³-hybridized carbons (Fsp3) is 0.0714. The van der Waals surface area contributed by atoms with Crippen LogP contribution < -0.4 is 5.32 Å². The summed E-state index contributed by atoms with van der Waals surface area (Å²) < 4.78 is 15.2. The molecule has 3 rings (SSSR count). The Morgan fingerprint density at radius 1 is 1.23 bits per heavy atom. The number of carbonyl (C=O) groups is 1. The summed E-state index contributed by atoms with van der Waals surface area (Å²) in [5.74, 6) is -1.39. The van der Waals surface area contributed by atoms with E-state index in [2.05, 4.69) is 15.3 Å². The molecule has 1 N–H and O–H groups in total. The van der Waals surface area contributed by atoms with Gasteiger partial charge in [0.2, 0.25) is 0 Å². The maximum atomic E-state index is 13.4. The van der Waals surface area contributed by atoms with Gasteiger partial charge in [-0.2, -0.15) is 0 Å². The minimum Gasteiger partial charge on any atom is -0.321 e. The standard InChI is InChI=1S/C14H9Cl2FN4O/c1-7-5-21-6-8(2-3-11(21)18-7)19-14(22)9-4-10(17)13(16)20-12(9)15/h2-6H,1H3,(H,19,22). The van der Waals surface area contributed by atoms with Crippen molar-refractivity contribution < 1.29 is 9.18 Å². The lowest BCUT2D eigenvalue weighted by molar-refractivity contribution is 0.102. The van der Waals surface area contributed by atoms with Crippen molar-refractivity contribution in [3.63, 3.8) is 0 Å². The van der Waals surface area contributed by atoms with Crippen molar-refractivity contribution in [2.75, 3.05) is 5.32 Å². The zero-order valence-electron chi connectivity index (χ0n) is 11.3. The molecule has 3 heterocycles. The predicted octanol–water partition coefficient (Wildman–Crippen LogP) is 3.74. The molecule has 0 bridgehead atoms. The molecule has 0 aromatic carbocycles. The van der Waals surface area contributed by atoms with Crippen LogP contribution in [0.1, 0.15) is 16.1 Å². The second-order valence-electron chi connectivity index (χ2n) is 4.62. The highest BCUT2D eigenvalue weighted by Crippen LogP contribution is 2.21. The lowest BCUT2D eigenvalue weighted by Gasteiger charge is -2.07. The van der Waals surface area contributed by atoms with Crippen molar-refractivity contribution in [3.05, 3.63) is 58.0 Å². The number of fused-ring (bicyclic) bond motifs is 1. The van der Waals surface area contributed by atoms with Crippen LogP contribution in [0.2, 0.25) is 10.3 Å². The van der Waals surface area contributed by atoms with E-state index < -0.39 is 11.7 Å². The second-order valence-corrected chi connectivity index (χ2v) is 5.34. The number of aryl methyl sites for hydroxylation is 1. The smallest absolute Gasteiger partial charge is 0.258 e. The molecule has 0 aliphatic carbocycles. The van der Waals surface area contributed by atoms with E-state index in [0.29, 0.717) is 5.69 Å². The van der Waals surface area contributed by atoms with Crippen LogP contribution >= 0.6 is 23.2 Å². The molecule has 3 aromatic rings. The molecule has 0 unspecified atom stereocenters. The number of amides is 1. The number of imidazole rings is 1. The molecule has 0 aliphatic rings. The summed E-state index contributed by atoms with van der Waals surface area (Å²) in [6.07, 6.45) is 3.52. The van der Waals surface area contributed by atoms with E-state index in [4.69, 9.17) is 23.2 Å². The van der Waals surface area contributed by atoms with E-state index in [1.165, 1.54) is 0 Å². The fourth-order valence-electron chi connectivity index (χ4n) is 2.00. The molecule has 0 fully saturated rings. The van der Waals surface area contributed by atoms with E-state index in [9.17, 15) is 9.18 Å². The average Bonchev–Trinajstić information content (AvgIpc) is 2.82.